The fourth-order valence-electron chi connectivity index (χ4n) is 2.70. The van der Waals surface area contributed by atoms with Gasteiger partial charge in [0.25, 0.3) is 0 Å². The van der Waals surface area contributed by atoms with Gasteiger partial charge in [-0.2, -0.15) is 0 Å². The summed E-state index contributed by atoms with van der Waals surface area (Å²) in [6.45, 7) is 8.12. The molecule has 23 heavy (non-hydrogen) atoms. The van der Waals surface area contributed by atoms with Crippen LogP contribution in [0.25, 0.3) is 0 Å². The van der Waals surface area contributed by atoms with E-state index >= 15 is 0 Å². The van der Waals surface area contributed by atoms with Crippen LogP contribution in [-0.4, -0.2) is 19.8 Å². The molecule has 0 amide bonds. The minimum Gasteiger partial charge on any atom is -0.494 e. The number of hydrogen-bond acceptors (Lipinski definition) is 3. The maximum Gasteiger partial charge on any atom is 0.122 e. The fourth-order valence-corrected chi connectivity index (χ4v) is 2.70. The first-order valence-electron chi connectivity index (χ1n) is 8.27. The Morgan fingerprint density at radius 3 is 2.35 bits per heavy atom. The SMILES string of the molecule is CCOc1ccc(C(CN)CCOc2ccc(C)cc2C)cc1. The number of hydrogen-bond donors (Lipinski definition) is 1. The van der Waals surface area contributed by atoms with Crippen molar-refractivity contribution in [3.05, 3.63) is 59.2 Å². The first kappa shape index (κ1) is 17.4. The maximum atomic E-state index is 5.94. The van der Waals surface area contributed by atoms with Gasteiger partial charge in [-0.05, 0) is 69.0 Å². The molecule has 0 fully saturated rings. The number of aryl methyl sites for hydroxylation is 2. The summed E-state index contributed by atoms with van der Waals surface area (Å²) >= 11 is 0. The van der Waals surface area contributed by atoms with E-state index in [1.165, 1.54) is 16.7 Å². The van der Waals surface area contributed by atoms with Crippen LogP contribution < -0.4 is 15.2 Å². The predicted molar refractivity (Wildman–Crippen MR) is 95.4 cm³/mol. The van der Waals surface area contributed by atoms with E-state index in [1.54, 1.807) is 0 Å². The zero-order chi connectivity index (χ0) is 16.7. The molecule has 0 aliphatic heterocycles. The summed E-state index contributed by atoms with van der Waals surface area (Å²) in [5.74, 6) is 2.16. The quantitative estimate of drug-likeness (QED) is 0.794. The molecule has 0 aromatic heterocycles. The zero-order valence-corrected chi connectivity index (χ0v) is 14.3. The Labute approximate surface area is 139 Å². The van der Waals surface area contributed by atoms with Crippen molar-refractivity contribution in [2.45, 2.75) is 33.1 Å². The van der Waals surface area contributed by atoms with Gasteiger partial charge in [0.15, 0.2) is 0 Å². The van der Waals surface area contributed by atoms with Crippen LogP contribution in [0.1, 0.15) is 36.0 Å². The standard InChI is InChI=1S/C20H27NO2/c1-4-22-19-8-6-17(7-9-19)18(14-21)11-12-23-20-10-5-15(2)13-16(20)3/h5-10,13,18H,4,11-12,14,21H2,1-3H3. The molecule has 3 heteroatoms. The number of ether oxygens (including phenoxy) is 2. The molecule has 2 aromatic carbocycles. The van der Waals surface area contributed by atoms with Crippen molar-refractivity contribution in [3.63, 3.8) is 0 Å². The molecule has 1 atom stereocenters. The van der Waals surface area contributed by atoms with Crippen molar-refractivity contribution < 1.29 is 9.47 Å². The Balaban J connectivity index is 1.91. The smallest absolute Gasteiger partial charge is 0.122 e. The summed E-state index contributed by atoms with van der Waals surface area (Å²) < 4.78 is 11.4. The molecule has 0 bridgehead atoms. The minimum absolute atomic E-state index is 0.302. The molecule has 0 aliphatic rings. The first-order valence-corrected chi connectivity index (χ1v) is 8.27. The van der Waals surface area contributed by atoms with E-state index in [1.807, 2.05) is 25.1 Å². The molecule has 0 spiro atoms. The Morgan fingerprint density at radius 2 is 1.74 bits per heavy atom. The van der Waals surface area contributed by atoms with Crippen molar-refractivity contribution in [1.29, 1.82) is 0 Å². The first-order chi connectivity index (χ1) is 11.1. The van der Waals surface area contributed by atoms with E-state index in [0.29, 0.717) is 25.7 Å². The molecule has 1 unspecified atom stereocenters. The number of benzene rings is 2. The van der Waals surface area contributed by atoms with E-state index in [9.17, 15) is 0 Å². The largest absolute Gasteiger partial charge is 0.494 e. The lowest BCUT2D eigenvalue weighted by molar-refractivity contribution is 0.296. The molecule has 2 N–H and O–H groups in total. The van der Waals surface area contributed by atoms with Crippen molar-refractivity contribution >= 4 is 0 Å². The van der Waals surface area contributed by atoms with E-state index < -0.39 is 0 Å². The molecule has 0 saturated carbocycles. The molecule has 0 aliphatic carbocycles. The highest BCUT2D eigenvalue weighted by Gasteiger charge is 2.11. The van der Waals surface area contributed by atoms with Gasteiger partial charge in [-0.25, -0.2) is 0 Å². The van der Waals surface area contributed by atoms with Gasteiger partial charge in [0.05, 0.1) is 13.2 Å². The molecule has 0 saturated heterocycles. The Bertz CT molecular complexity index is 608. The van der Waals surface area contributed by atoms with Crippen LogP contribution in [0.5, 0.6) is 11.5 Å². The lowest BCUT2D eigenvalue weighted by Crippen LogP contribution is -2.15. The Hall–Kier alpha value is -2.00. The van der Waals surface area contributed by atoms with Gasteiger partial charge in [-0.3, -0.25) is 0 Å². The van der Waals surface area contributed by atoms with Crippen molar-refractivity contribution in [2.24, 2.45) is 5.73 Å². The van der Waals surface area contributed by atoms with Crippen LogP contribution in [0.15, 0.2) is 42.5 Å². The molecule has 2 rings (SSSR count). The second kappa shape index (κ2) is 8.59. The maximum absolute atomic E-state index is 5.94. The van der Waals surface area contributed by atoms with Gasteiger partial charge in [0.2, 0.25) is 0 Å². The topological polar surface area (TPSA) is 44.5 Å². The van der Waals surface area contributed by atoms with E-state index in [2.05, 4.69) is 38.1 Å². The average Bonchev–Trinajstić information content (AvgIpc) is 2.55. The van der Waals surface area contributed by atoms with Gasteiger partial charge in [0, 0.05) is 0 Å². The van der Waals surface area contributed by atoms with Gasteiger partial charge >= 0.3 is 0 Å². The summed E-state index contributed by atoms with van der Waals surface area (Å²) in [7, 11) is 0. The van der Waals surface area contributed by atoms with E-state index in [0.717, 1.165) is 17.9 Å². The third-order valence-corrected chi connectivity index (χ3v) is 4.00. The molecule has 3 nitrogen and oxygen atoms in total. The molecule has 0 radical (unpaired) electrons. The van der Waals surface area contributed by atoms with Gasteiger partial charge < -0.3 is 15.2 Å². The highest BCUT2D eigenvalue weighted by molar-refractivity contribution is 5.35. The summed E-state index contributed by atoms with van der Waals surface area (Å²) in [4.78, 5) is 0. The third-order valence-electron chi connectivity index (χ3n) is 4.00. The van der Waals surface area contributed by atoms with Gasteiger partial charge in [-0.15, -0.1) is 0 Å². The fraction of sp³-hybridized carbons (Fsp3) is 0.400. The highest BCUT2D eigenvalue weighted by Crippen LogP contribution is 2.23. The Kier molecular flexibility index (Phi) is 6.48. The number of nitrogens with two attached hydrogens (primary N) is 1. The Morgan fingerprint density at radius 1 is 1.00 bits per heavy atom. The molecule has 2 aromatic rings. The van der Waals surface area contributed by atoms with E-state index in [-0.39, 0.29) is 0 Å². The van der Waals surface area contributed by atoms with Crippen LogP contribution in [0, 0.1) is 13.8 Å². The van der Waals surface area contributed by atoms with Gasteiger partial charge in [0.1, 0.15) is 11.5 Å². The van der Waals surface area contributed by atoms with Gasteiger partial charge in [-0.1, -0.05) is 29.8 Å². The summed E-state index contributed by atoms with van der Waals surface area (Å²) in [6.07, 6.45) is 0.901. The van der Waals surface area contributed by atoms with Crippen molar-refractivity contribution in [2.75, 3.05) is 19.8 Å². The predicted octanol–water partition coefficient (Wildman–Crippen LogP) is 4.21. The molecule has 124 valence electrons. The molecular weight excluding hydrogens is 286 g/mol. The normalized spacial score (nSPS) is 12.0. The summed E-state index contributed by atoms with van der Waals surface area (Å²) in [5, 5.41) is 0. The van der Waals surface area contributed by atoms with Crippen molar-refractivity contribution in [1.82, 2.24) is 0 Å². The summed E-state index contributed by atoms with van der Waals surface area (Å²) in [6, 6.07) is 14.5. The minimum atomic E-state index is 0.302. The lowest BCUT2D eigenvalue weighted by Gasteiger charge is -2.17. The second-order valence-corrected chi connectivity index (χ2v) is 5.84. The second-order valence-electron chi connectivity index (χ2n) is 5.84. The molecule has 0 heterocycles. The number of rotatable bonds is 8. The van der Waals surface area contributed by atoms with Crippen LogP contribution in [0.4, 0.5) is 0 Å². The lowest BCUT2D eigenvalue weighted by atomic mass is 9.96. The monoisotopic (exact) mass is 313 g/mol. The average molecular weight is 313 g/mol. The van der Waals surface area contributed by atoms with Crippen LogP contribution in [0.2, 0.25) is 0 Å². The van der Waals surface area contributed by atoms with Crippen LogP contribution in [-0.2, 0) is 0 Å². The third kappa shape index (κ3) is 5.00. The van der Waals surface area contributed by atoms with Crippen LogP contribution in [0.3, 0.4) is 0 Å². The highest BCUT2D eigenvalue weighted by atomic mass is 16.5. The van der Waals surface area contributed by atoms with Crippen molar-refractivity contribution in [3.8, 4) is 11.5 Å². The molecular formula is C20H27NO2. The van der Waals surface area contributed by atoms with Crippen LogP contribution >= 0.6 is 0 Å². The van der Waals surface area contributed by atoms with E-state index in [4.69, 9.17) is 15.2 Å². The zero-order valence-electron chi connectivity index (χ0n) is 14.3. The summed E-state index contributed by atoms with van der Waals surface area (Å²) in [5.41, 5.74) is 9.61.